The average molecular weight is 446 g/mol. The van der Waals surface area contributed by atoms with E-state index in [0.717, 1.165) is 18.2 Å². The predicted octanol–water partition coefficient (Wildman–Crippen LogP) is 3.19. The molecule has 33 heavy (non-hydrogen) atoms. The Balaban J connectivity index is 1.28. The molecule has 0 radical (unpaired) electrons. The first-order chi connectivity index (χ1) is 15.8. The maximum Gasteiger partial charge on any atom is 0.322 e. The van der Waals surface area contributed by atoms with Crippen LogP contribution in [0.3, 0.4) is 0 Å². The number of likely N-dealkylation sites (tertiary alicyclic amines) is 1. The van der Waals surface area contributed by atoms with Gasteiger partial charge < -0.3 is 10.2 Å². The van der Waals surface area contributed by atoms with Gasteiger partial charge in [0, 0.05) is 24.0 Å². The molecule has 1 atom stereocenters. The van der Waals surface area contributed by atoms with Gasteiger partial charge in [0.15, 0.2) is 0 Å². The summed E-state index contributed by atoms with van der Waals surface area (Å²) in [4.78, 5) is 38.6. The van der Waals surface area contributed by atoms with Crippen molar-refractivity contribution in [3.63, 3.8) is 0 Å². The third kappa shape index (κ3) is 3.55. The standard InChI is InChI=1S/C25H27N5O3/c1-15-12-16(2)21-18(13-15)14-26-30(21)20-8-10-29(11-9-20)22(31)17-4-6-19(7-5-17)25(3)23(32)27-24(33)28-25/h4-7,12-14,20H,8-11H2,1-3H3,(H2,27,28,32,33). The monoisotopic (exact) mass is 445 g/mol. The molecule has 2 aliphatic rings. The number of nitrogens with one attached hydrogen (secondary N) is 2. The highest BCUT2D eigenvalue weighted by Crippen LogP contribution is 2.30. The number of hydrogen-bond acceptors (Lipinski definition) is 4. The molecule has 2 saturated heterocycles. The lowest BCUT2D eigenvalue weighted by molar-refractivity contribution is -0.123. The number of hydrogen-bond donors (Lipinski definition) is 2. The zero-order chi connectivity index (χ0) is 23.3. The molecule has 3 aromatic rings. The highest BCUT2D eigenvalue weighted by Gasteiger charge is 2.43. The Bertz CT molecular complexity index is 1270. The first-order valence-corrected chi connectivity index (χ1v) is 11.2. The Labute approximate surface area is 191 Å². The van der Waals surface area contributed by atoms with Crippen molar-refractivity contribution in [1.82, 2.24) is 25.3 Å². The molecule has 2 fully saturated rings. The molecule has 4 amide bonds. The molecule has 170 valence electrons. The van der Waals surface area contributed by atoms with Gasteiger partial charge in [0.2, 0.25) is 0 Å². The smallest absolute Gasteiger partial charge is 0.322 e. The summed E-state index contributed by atoms with van der Waals surface area (Å²) in [6.07, 6.45) is 3.62. The fourth-order valence-electron chi connectivity index (χ4n) is 5.05. The minimum Gasteiger partial charge on any atom is -0.338 e. The Hall–Kier alpha value is -3.68. The van der Waals surface area contributed by atoms with Crippen LogP contribution in [0.1, 0.15) is 52.9 Å². The topological polar surface area (TPSA) is 96.3 Å². The summed E-state index contributed by atoms with van der Waals surface area (Å²) in [5.41, 5.74) is 3.72. The Morgan fingerprint density at radius 3 is 2.42 bits per heavy atom. The van der Waals surface area contributed by atoms with Crippen molar-refractivity contribution in [2.24, 2.45) is 0 Å². The number of amides is 4. The van der Waals surface area contributed by atoms with E-state index in [2.05, 4.69) is 46.4 Å². The number of urea groups is 1. The second kappa shape index (κ2) is 7.72. The highest BCUT2D eigenvalue weighted by atomic mass is 16.2. The fraction of sp³-hybridized carbons (Fsp3) is 0.360. The summed E-state index contributed by atoms with van der Waals surface area (Å²) in [5.74, 6) is -0.424. The van der Waals surface area contributed by atoms with Gasteiger partial charge >= 0.3 is 6.03 Å². The van der Waals surface area contributed by atoms with E-state index in [0.29, 0.717) is 24.2 Å². The van der Waals surface area contributed by atoms with Gasteiger partial charge in [-0.1, -0.05) is 23.8 Å². The number of carbonyl (C=O) groups is 3. The highest BCUT2D eigenvalue weighted by molar-refractivity contribution is 6.07. The molecule has 0 bridgehead atoms. The van der Waals surface area contributed by atoms with Crippen LogP contribution in [0.5, 0.6) is 0 Å². The van der Waals surface area contributed by atoms with Gasteiger partial charge in [-0.25, -0.2) is 4.79 Å². The average Bonchev–Trinajstić information content (AvgIpc) is 3.34. The SMILES string of the molecule is Cc1cc(C)c2c(cnn2C2CCN(C(=O)c3ccc(C4(C)NC(=O)NC4=O)cc3)CC2)c1. The minimum atomic E-state index is -1.12. The van der Waals surface area contributed by atoms with Gasteiger partial charge in [0.1, 0.15) is 5.54 Å². The molecule has 2 aromatic carbocycles. The number of piperidine rings is 1. The molecule has 2 aliphatic heterocycles. The van der Waals surface area contributed by atoms with Crippen molar-refractivity contribution < 1.29 is 14.4 Å². The van der Waals surface area contributed by atoms with Crippen molar-refractivity contribution in [2.45, 2.75) is 45.2 Å². The van der Waals surface area contributed by atoms with E-state index >= 15 is 0 Å². The molecule has 3 heterocycles. The van der Waals surface area contributed by atoms with Gasteiger partial charge in [-0.15, -0.1) is 0 Å². The van der Waals surface area contributed by atoms with Gasteiger partial charge in [-0.05, 0) is 62.9 Å². The molecular formula is C25H27N5O3. The summed E-state index contributed by atoms with van der Waals surface area (Å²) in [5, 5.41) is 10.7. The quantitative estimate of drug-likeness (QED) is 0.605. The summed E-state index contributed by atoms with van der Waals surface area (Å²) >= 11 is 0. The Morgan fingerprint density at radius 1 is 1.09 bits per heavy atom. The summed E-state index contributed by atoms with van der Waals surface area (Å²) in [7, 11) is 0. The van der Waals surface area contributed by atoms with Crippen LogP contribution in [0, 0.1) is 13.8 Å². The van der Waals surface area contributed by atoms with Crippen molar-refractivity contribution >= 4 is 28.7 Å². The molecule has 0 aliphatic carbocycles. The molecule has 0 saturated carbocycles. The number of benzene rings is 2. The van der Waals surface area contributed by atoms with E-state index in [9.17, 15) is 14.4 Å². The van der Waals surface area contributed by atoms with Crippen molar-refractivity contribution in [3.05, 3.63) is 64.8 Å². The van der Waals surface area contributed by atoms with Crippen LogP contribution in [0.15, 0.2) is 42.6 Å². The third-order valence-electron chi connectivity index (χ3n) is 6.88. The van der Waals surface area contributed by atoms with Crippen molar-refractivity contribution in [2.75, 3.05) is 13.1 Å². The Morgan fingerprint density at radius 2 is 1.79 bits per heavy atom. The first kappa shape index (κ1) is 21.2. The van der Waals surface area contributed by atoms with Gasteiger partial charge in [-0.3, -0.25) is 19.6 Å². The summed E-state index contributed by atoms with van der Waals surface area (Å²) < 4.78 is 2.13. The lowest BCUT2D eigenvalue weighted by Crippen LogP contribution is -2.41. The summed E-state index contributed by atoms with van der Waals surface area (Å²) in [6, 6.07) is 11.0. The number of fused-ring (bicyclic) bond motifs is 1. The van der Waals surface area contributed by atoms with Crippen LogP contribution in [0.4, 0.5) is 4.79 Å². The van der Waals surface area contributed by atoms with Gasteiger partial charge in [0.05, 0.1) is 17.8 Å². The molecule has 5 rings (SSSR count). The lowest BCUT2D eigenvalue weighted by atomic mass is 9.91. The number of nitrogens with zero attached hydrogens (tertiary/aromatic N) is 3. The maximum absolute atomic E-state index is 13.1. The lowest BCUT2D eigenvalue weighted by Gasteiger charge is -2.32. The van der Waals surface area contributed by atoms with Gasteiger partial charge in [0.25, 0.3) is 11.8 Å². The van der Waals surface area contributed by atoms with Crippen LogP contribution >= 0.6 is 0 Å². The van der Waals surface area contributed by atoms with Crippen molar-refractivity contribution in [3.8, 4) is 0 Å². The number of carbonyl (C=O) groups excluding carboxylic acids is 3. The van der Waals surface area contributed by atoms with Crippen LogP contribution < -0.4 is 10.6 Å². The van der Waals surface area contributed by atoms with Crippen LogP contribution in [0.2, 0.25) is 0 Å². The number of imide groups is 1. The van der Waals surface area contributed by atoms with E-state index in [-0.39, 0.29) is 11.9 Å². The molecule has 1 unspecified atom stereocenters. The third-order valence-corrected chi connectivity index (χ3v) is 6.88. The number of aryl methyl sites for hydroxylation is 2. The molecule has 0 spiro atoms. The van der Waals surface area contributed by atoms with Crippen LogP contribution in [0.25, 0.3) is 10.9 Å². The maximum atomic E-state index is 13.1. The molecule has 2 N–H and O–H groups in total. The normalized spacial score (nSPS) is 21.4. The van der Waals surface area contributed by atoms with E-state index in [4.69, 9.17) is 0 Å². The van der Waals surface area contributed by atoms with E-state index in [1.165, 1.54) is 16.6 Å². The van der Waals surface area contributed by atoms with Crippen LogP contribution in [-0.4, -0.2) is 45.6 Å². The van der Waals surface area contributed by atoms with Crippen LogP contribution in [-0.2, 0) is 10.3 Å². The second-order valence-electron chi connectivity index (χ2n) is 9.24. The number of aromatic nitrogens is 2. The Kier molecular flexibility index (Phi) is 4.96. The second-order valence-corrected chi connectivity index (χ2v) is 9.24. The largest absolute Gasteiger partial charge is 0.338 e. The van der Waals surface area contributed by atoms with E-state index < -0.39 is 17.5 Å². The molecular weight excluding hydrogens is 418 g/mol. The van der Waals surface area contributed by atoms with Crippen molar-refractivity contribution in [1.29, 1.82) is 0 Å². The minimum absolute atomic E-state index is 0.0257. The zero-order valence-electron chi connectivity index (χ0n) is 19.0. The van der Waals surface area contributed by atoms with E-state index in [1.807, 2.05) is 11.1 Å². The molecule has 8 heteroatoms. The number of rotatable bonds is 3. The van der Waals surface area contributed by atoms with Gasteiger partial charge in [-0.2, -0.15) is 5.10 Å². The molecule has 1 aromatic heterocycles. The van der Waals surface area contributed by atoms with E-state index in [1.54, 1.807) is 31.2 Å². The predicted molar refractivity (Wildman–Crippen MR) is 124 cm³/mol. The fourth-order valence-corrected chi connectivity index (χ4v) is 5.05. The zero-order valence-corrected chi connectivity index (χ0v) is 19.0. The summed E-state index contributed by atoms with van der Waals surface area (Å²) in [6.45, 7) is 7.19. The molecule has 8 nitrogen and oxygen atoms in total. The first-order valence-electron chi connectivity index (χ1n) is 11.2.